The number of hydrogen-bond donors (Lipinski definition) is 3. The Morgan fingerprint density at radius 2 is 0.438 bits per heavy atom. The van der Waals surface area contributed by atoms with Crippen LogP contribution in [-0.2, 0) is 65.4 Å². The van der Waals surface area contributed by atoms with Gasteiger partial charge >= 0.3 is 39.5 Å². The second-order valence-corrected chi connectivity index (χ2v) is 34.3. The molecule has 0 radical (unpaired) electrons. The summed E-state index contributed by atoms with van der Waals surface area (Å²) in [6.07, 6.45) is 72.1. The summed E-state index contributed by atoms with van der Waals surface area (Å²) in [5.74, 6) is -1.30. The highest BCUT2D eigenvalue weighted by Gasteiger charge is 2.30. The van der Waals surface area contributed by atoms with Crippen LogP contribution < -0.4 is 0 Å². The topological polar surface area (TPSA) is 237 Å². The molecule has 0 spiro atoms. The number of rotatable bonds is 86. The molecule has 2 unspecified atom stereocenters. The van der Waals surface area contributed by atoms with Crippen LogP contribution >= 0.6 is 15.6 Å². The minimum Gasteiger partial charge on any atom is -0.462 e. The van der Waals surface area contributed by atoms with Crippen molar-refractivity contribution in [2.45, 2.75) is 483 Å². The largest absolute Gasteiger partial charge is 0.472 e. The summed E-state index contributed by atoms with van der Waals surface area (Å²) in [7, 11) is -9.93. The minimum atomic E-state index is -4.97. The van der Waals surface area contributed by atoms with Crippen LogP contribution in [0.15, 0.2) is 0 Å². The number of unbranched alkanes of at least 4 members (excludes halogenated alkanes) is 58. The predicted octanol–water partition coefficient (Wildman–Crippen LogP) is 26.4. The van der Waals surface area contributed by atoms with Gasteiger partial charge < -0.3 is 33.8 Å². The zero-order valence-electron chi connectivity index (χ0n) is 68.9. The highest BCUT2D eigenvalue weighted by atomic mass is 31.2. The lowest BCUT2D eigenvalue weighted by atomic mass is 10.0. The molecule has 0 rings (SSSR count). The molecule has 5 atom stereocenters. The molecule has 0 fully saturated rings. The van der Waals surface area contributed by atoms with Gasteiger partial charge in [0.2, 0.25) is 0 Å². The molecule has 19 heteroatoms. The van der Waals surface area contributed by atoms with Crippen molar-refractivity contribution in [1.82, 2.24) is 0 Å². The average molecular weight is 1540 g/mol. The lowest BCUT2D eigenvalue weighted by Crippen LogP contribution is -2.30. The Bertz CT molecular complexity index is 2000. The van der Waals surface area contributed by atoms with Crippen molar-refractivity contribution in [3.05, 3.63) is 0 Å². The van der Waals surface area contributed by atoms with Gasteiger partial charge in [0.05, 0.1) is 26.4 Å². The lowest BCUT2D eigenvalue weighted by molar-refractivity contribution is -0.161. The highest BCUT2D eigenvalue weighted by molar-refractivity contribution is 7.47. The number of carbonyl (C=O) groups is 4. The molecule has 17 nitrogen and oxygen atoms in total. The quantitative estimate of drug-likeness (QED) is 0.0222. The fraction of sp³-hybridized carbons (Fsp3) is 0.953. The van der Waals surface area contributed by atoms with Gasteiger partial charge in [0.1, 0.15) is 19.3 Å². The van der Waals surface area contributed by atoms with Crippen LogP contribution in [0.5, 0.6) is 0 Å². The standard InChI is InChI=1S/C86H168O17P2/c1-6-9-12-15-18-21-24-26-28-30-31-32-33-34-36-42-47-52-57-62-67-72-86(91)103-82(76-97-84(89)70-65-60-55-50-45-40-38-37-39-44-48-53-58-63-68-79(4)5)78-101-105(94,95)99-74-80(87)73-98-104(92,93)100-77-81(75-96-83(88)69-64-59-54-49-43-23-20-17-14-11-8-3)102-85(90)71-66-61-56-51-46-41-35-29-27-25-22-19-16-13-10-7-2/h79-82,87H,6-78H2,1-5H3,(H,92,93)(H,94,95)/t80-,81+,82+/m0/s1. The third-order valence-corrected chi connectivity index (χ3v) is 22.2. The number of hydrogen-bond acceptors (Lipinski definition) is 15. The Balaban J connectivity index is 5.23. The van der Waals surface area contributed by atoms with E-state index in [2.05, 4.69) is 34.6 Å². The van der Waals surface area contributed by atoms with Crippen LogP contribution in [0.1, 0.15) is 465 Å². The summed E-state index contributed by atoms with van der Waals surface area (Å²) >= 11 is 0. The van der Waals surface area contributed by atoms with Gasteiger partial charge in [-0.1, -0.05) is 413 Å². The fourth-order valence-electron chi connectivity index (χ4n) is 13.5. The van der Waals surface area contributed by atoms with E-state index in [0.717, 1.165) is 95.8 Å². The summed E-state index contributed by atoms with van der Waals surface area (Å²) < 4.78 is 68.9. The van der Waals surface area contributed by atoms with Crippen LogP contribution in [0.25, 0.3) is 0 Å². The van der Waals surface area contributed by atoms with Crippen molar-refractivity contribution in [3.63, 3.8) is 0 Å². The van der Waals surface area contributed by atoms with Gasteiger partial charge in [-0.15, -0.1) is 0 Å². The first-order valence-electron chi connectivity index (χ1n) is 44.6. The number of esters is 4. The van der Waals surface area contributed by atoms with Crippen LogP contribution in [0.2, 0.25) is 0 Å². The van der Waals surface area contributed by atoms with Gasteiger partial charge in [-0.25, -0.2) is 9.13 Å². The van der Waals surface area contributed by atoms with E-state index in [9.17, 15) is 43.2 Å². The van der Waals surface area contributed by atoms with Gasteiger partial charge in [0.15, 0.2) is 12.2 Å². The molecule has 0 amide bonds. The molecular formula is C86H168O17P2. The maximum Gasteiger partial charge on any atom is 0.472 e. The Morgan fingerprint density at radius 3 is 0.648 bits per heavy atom. The maximum atomic E-state index is 13.1. The van der Waals surface area contributed by atoms with E-state index >= 15 is 0 Å². The second kappa shape index (κ2) is 78.7. The van der Waals surface area contributed by atoms with Crippen LogP contribution in [-0.4, -0.2) is 96.7 Å². The lowest BCUT2D eigenvalue weighted by Gasteiger charge is -2.21. The predicted molar refractivity (Wildman–Crippen MR) is 432 cm³/mol. The summed E-state index contributed by atoms with van der Waals surface area (Å²) in [6, 6.07) is 0. The Morgan fingerprint density at radius 1 is 0.257 bits per heavy atom. The molecule has 0 bridgehead atoms. The number of phosphoric ester groups is 2. The monoisotopic (exact) mass is 1540 g/mol. The molecule has 0 aliphatic rings. The molecule has 0 saturated carbocycles. The third-order valence-electron chi connectivity index (χ3n) is 20.3. The first kappa shape index (κ1) is 103. The van der Waals surface area contributed by atoms with Crippen LogP contribution in [0.3, 0.4) is 0 Å². The molecule has 0 aliphatic carbocycles. The number of aliphatic hydroxyl groups excluding tert-OH is 1. The molecular weight excluding hydrogens is 1370 g/mol. The average Bonchev–Trinajstić information content (AvgIpc) is 0.909. The number of carbonyl (C=O) groups excluding carboxylic acids is 4. The van der Waals surface area contributed by atoms with Crippen molar-refractivity contribution in [1.29, 1.82) is 0 Å². The third kappa shape index (κ3) is 79.9. The fourth-order valence-corrected chi connectivity index (χ4v) is 15.1. The van der Waals surface area contributed by atoms with E-state index in [4.69, 9.17) is 37.0 Å². The summed E-state index contributed by atoms with van der Waals surface area (Å²) in [5.41, 5.74) is 0. The zero-order chi connectivity index (χ0) is 76.9. The summed E-state index contributed by atoms with van der Waals surface area (Å²) in [6.45, 7) is 7.39. The van der Waals surface area contributed by atoms with E-state index in [1.165, 1.54) is 289 Å². The SMILES string of the molecule is CCCCCCCCCCCCCCCCCCCCCCCC(=O)O[C@H](COC(=O)CCCCCCCCCCCCCCCCC(C)C)COP(=O)(O)OC[C@@H](O)COP(=O)(O)OC[C@@H](COC(=O)CCCCCCCCCCCCC)OC(=O)CCCCCCCCCCCCCCCCCC. The molecule has 0 saturated heterocycles. The minimum absolute atomic E-state index is 0.109. The highest BCUT2D eigenvalue weighted by Crippen LogP contribution is 2.45. The Labute approximate surface area is 645 Å². The molecule has 0 aromatic heterocycles. The van der Waals surface area contributed by atoms with Gasteiger partial charge in [-0.2, -0.15) is 0 Å². The Kier molecular flexibility index (Phi) is 77.3. The first-order chi connectivity index (χ1) is 51.0. The van der Waals surface area contributed by atoms with Gasteiger partial charge in [0.25, 0.3) is 0 Å². The molecule has 0 heterocycles. The van der Waals surface area contributed by atoms with Crippen LogP contribution in [0.4, 0.5) is 0 Å². The van der Waals surface area contributed by atoms with Crippen molar-refractivity contribution in [2.75, 3.05) is 39.6 Å². The van der Waals surface area contributed by atoms with Gasteiger partial charge in [-0.05, 0) is 31.6 Å². The van der Waals surface area contributed by atoms with E-state index in [1.807, 2.05) is 0 Å². The summed E-state index contributed by atoms with van der Waals surface area (Å²) in [4.78, 5) is 73.2. The molecule has 0 aromatic carbocycles. The zero-order valence-corrected chi connectivity index (χ0v) is 70.7. The molecule has 0 aliphatic heterocycles. The first-order valence-corrected chi connectivity index (χ1v) is 47.6. The molecule has 0 aromatic rings. The van der Waals surface area contributed by atoms with Gasteiger partial charge in [0, 0.05) is 25.7 Å². The van der Waals surface area contributed by atoms with Crippen molar-refractivity contribution in [2.24, 2.45) is 5.92 Å². The molecule has 624 valence electrons. The number of aliphatic hydroxyl groups is 1. The second-order valence-electron chi connectivity index (χ2n) is 31.4. The van der Waals surface area contributed by atoms with Gasteiger partial charge in [-0.3, -0.25) is 37.3 Å². The van der Waals surface area contributed by atoms with Crippen molar-refractivity contribution < 1.29 is 80.2 Å². The van der Waals surface area contributed by atoms with E-state index in [-0.39, 0.29) is 25.7 Å². The number of ether oxygens (including phenoxy) is 4. The van der Waals surface area contributed by atoms with E-state index < -0.39 is 97.5 Å². The normalized spacial score (nSPS) is 13.8. The maximum absolute atomic E-state index is 13.1. The van der Waals surface area contributed by atoms with E-state index in [0.29, 0.717) is 25.7 Å². The van der Waals surface area contributed by atoms with Crippen molar-refractivity contribution in [3.8, 4) is 0 Å². The molecule has 3 N–H and O–H groups in total. The van der Waals surface area contributed by atoms with Crippen molar-refractivity contribution >= 4 is 39.5 Å². The Hall–Kier alpha value is -1.94. The molecule has 105 heavy (non-hydrogen) atoms. The number of phosphoric acid groups is 2. The summed E-state index contributed by atoms with van der Waals surface area (Å²) in [5, 5.41) is 10.7. The van der Waals surface area contributed by atoms with E-state index in [1.54, 1.807) is 0 Å². The smallest absolute Gasteiger partial charge is 0.462 e. The van der Waals surface area contributed by atoms with Crippen LogP contribution in [0, 0.1) is 5.92 Å².